The maximum Gasteiger partial charge on any atom is 0.143 e. The zero-order valence-electron chi connectivity index (χ0n) is 13.9. The van der Waals surface area contributed by atoms with Crippen LogP contribution in [0.25, 0.3) is 10.9 Å². The third-order valence-electron chi connectivity index (χ3n) is 4.31. The summed E-state index contributed by atoms with van der Waals surface area (Å²) in [4.78, 5) is 16.0. The third kappa shape index (κ3) is 3.37. The van der Waals surface area contributed by atoms with Crippen molar-refractivity contribution in [3.05, 3.63) is 65.9 Å². The molecule has 4 nitrogen and oxygen atoms in total. The van der Waals surface area contributed by atoms with E-state index in [0.717, 1.165) is 35.5 Å². The van der Waals surface area contributed by atoms with Crippen LogP contribution in [0.5, 0.6) is 0 Å². The molecule has 0 amide bonds. The maximum absolute atomic E-state index is 4.73. The lowest BCUT2D eigenvalue weighted by molar-refractivity contribution is 0.207. The lowest BCUT2D eigenvalue weighted by atomic mass is 10.1. The molecule has 1 unspecified atom stereocenters. The molecule has 0 aliphatic rings. The maximum atomic E-state index is 4.73. The molecular weight excluding hydrogens is 284 g/mol. The Morgan fingerprint density at radius 1 is 1.09 bits per heavy atom. The van der Waals surface area contributed by atoms with E-state index >= 15 is 0 Å². The van der Waals surface area contributed by atoms with E-state index in [-0.39, 0.29) is 6.04 Å². The Labute approximate surface area is 137 Å². The van der Waals surface area contributed by atoms with Gasteiger partial charge in [-0.25, -0.2) is 9.97 Å². The van der Waals surface area contributed by atoms with Crippen molar-refractivity contribution in [3.8, 4) is 0 Å². The van der Waals surface area contributed by atoms with E-state index in [1.54, 1.807) is 0 Å². The number of pyridine rings is 1. The third-order valence-corrected chi connectivity index (χ3v) is 4.31. The average molecular weight is 306 g/mol. The Bertz CT molecular complexity index is 786. The molecule has 0 saturated carbocycles. The number of benzene rings is 1. The first-order chi connectivity index (χ1) is 11.2. The fraction of sp³-hybridized carbons (Fsp3) is 0.316. The molecule has 0 spiro atoms. The van der Waals surface area contributed by atoms with Gasteiger partial charge in [0.1, 0.15) is 5.82 Å². The quantitative estimate of drug-likeness (QED) is 0.716. The molecule has 0 aliphatic carbocycles. The zero-order valence-corrected chi connectivity index (χ0v) is 13.9. The summed E-state index contributed by atoms with van der Waals surface area (Å²) in [5.74, 6) is 0.874. The van der Waals surface area contributed by atoms with Crippen molar-refractivity contribution in [2.24, 2.45) is 0 Å². The summed E-state index contributed by atoms with van der Waals surface area (Å²) in [5, 5.41) is 1.12. The summed E-state index contributed by atoms with van der Waals surface area (Å²) in [6.07, 6.45) is 3.74. The van der Waals surface area contributed by atoms with Crippen molar-refractivity contribution in [1.29, 1.82) is 0 Å². The lowest BCUT2D eigenvalue weighted by Gasteiger charge is -2.27. The molecule has 3 aromatic rings. The molecule has 0 fully saturated rings. The zero-order chi connectivity index (χ0) is 16.2. The van der Waals surface area contributed by atoms with E-state index in [0.29, 0.717) is 0 Å². The molecule has 0 bridgehead atoms. The summed E-state index contributed by atoms with van der Waals surface area (Å²) in [6, 6.07) is 12.6. The van der Waals surface area contributed by atoms with Gasteiger partial charge in [0, 0.05) is 29.5 Å². The Hall–Kier alpha value is -2.33. The molecule has 2 aromatic heterocycles. The highest BCUT2D eigenvalue weighted by Gasteiger charge is 2.16. The molecule has 3 rings (SSSR count). The van der Waals surface area contributed by atoms with Crippen molar-refractivity contribution < 1.29 is 0 Å². The molecule has 0 aliphatic heterocycles. The number of para-hydroxylation sites is 1. The molecule has 2 heterocycles. The summed E-state index contributed by atoms with van der Waals surface area (Å²) < 4.78 is 0. The molecule has 1 atom stereocenters. The molecule has 23 heavy (non-hydrogen) atoms. The lowest BCUT2D eigenvalue weighted by Crippen LogP contribution is -2.27. The minimum atomic E-state index is 0.282. The summed E-state index contributed by atoms with van der Waals surface area (Å²) in [5.41, 5.74) is 3.27. The van der Waals surface area contributed by atoms with Crippen molar-refractivity contribution in [2.75, 3.05) is 6.54 Å². The fourth-order valence-corrected chi connectivity index (χ4v) is 2.90. The van der Waals surface area contributed by atoms with Crippen LogP contribution in [0.2, 0.25) is 0 Å². The van der Waals surface area contributed by atoms with E-state index in [4.69, 9.17) is 9.97 Å². The van der Waals surface area contributed by atoms with E-state index in [9.17, 15) is 0 Å². The second-order valence-corrected chi connectivity index (χ2v) is 5.77. The van der Waals surface area contributed by atoms with Gasteiger partial charge in [0.15, 0.2) is 0 Å². The van der Waals surface area contributed by atoms with Gasteiger partial charge in [-0.05, 0) is 38.1 Å². The van der Waals surface area contributed by atoms with Crippen LogP contribution in [-0.4, -0.2) is 26.4 Å². The van der Waals surface area contributed by atoms with Gasteiger partial charge < -0.3 is 0 Å². The molecule has 4 heteroatoms. The molecule has 0 radical (unpaired) electrons. The SMILES string of the molecule is CCN(Cc1nc(C)c2ccccc2n1)C(C)c1cccnc1. The van der Waals surface area contributed by atoms with Crippen molar-refractivity contribution in [1.82, 2.24) is 19.9 Å². The second kappa shape index (κ2) is 6.84. The van der Waals surface area contributed by atoms with Gasteiger partial charge in [-0.15, -0.1) is 0 Å². The van der Waals surface area contributed by atoms with Crippen LogP contribution in [0, 0.1) is 6.92 Å². The van der Waals surface area contributed by atoms with Crippen molar-refractivity contribution in [3.63, 3.8) is 0 Å². The standard InChI is InChI=1S/C19H22N4/c1-4-23(15(3)16-8-7-11-20-12-16)13-19-21-14(2)17-9-5-6-10-18(17)22-19/h5-12,15H,4,13H2,1-3H3. The highest BCUT2D eigenvalue weighted by molar-refractivity contribution is 5.80. The first-order valence-corrected chi connectivity index (χ1v) is 8.05. The van der Waals surface area contributed by atoms with E-state index in [1.165, 1.54) is 5.56 Å². The van der Waals surface area contributed by atoms with Gasteiger partial charge in [0.2, 0.25) is 0 Å². The van der Waals surface area contributed by atoms with Crippen LogP contribution in [-0.2, 0) is 6.54 Å². The second-order valence-electron chi connectivity index (χ2n) is 5.77. The fourth-order valence-electron chi connectivity index (χ4n) is 2.90. The smallest absolute Gasteiger partial charge is 0.143 e. The summed E-state index contributed by atoms with van der Waals surface area (Å²) in [6.45, 7) is 8.09. The van der Waals surface area contributed by atoms with E-state index < -0.39 is 0 Å². The van der Waals surface area contributed by atoms with Crippen LogP contribution in [0.15, 0.2) is 48.8 Å². The Kier molecular flexibility index (Phi) is 4.63. The van der Waals surface area contributed by atoms with Crippen LogP contribution >= 0.6 is 0 Å². The monoisotopic (exact) mass is 306 g/mol. The first-order valence-electron chi connectivity index (χ1n) is 8.05. The molecule has 1 aromatic carbocycles. The summed E-state index contributed by atoms with van der Waals surface area (Å²) in [7, 11) is 0. The van der Waals surface area contributed by atoms with Gasteiger partial charge in [-0.2, -0.15) is 0 Å². The predicted octanol–water partition coefficient (Wildman–Crippen LogP) is 3.92. The number of hydrogen-bond acceptors (Lipinski definition) is 4. The number of aromatic nitrogens is 3. The topological polar surface area (TPSA) is 41.9 Å². The minimum Gasteiger partial charge on any atom is -0.289 e. The number of fused-ring (bicyclic) bond motifs is 1. The molecule has 0 N–H and O–H groups in total. The van der Waals surface area contributed by atoms with Crippen LogP contribution in [0.3, 0.4) is 0 Å². The van der Waals surface area contributed by atoms with Gasteiger partial charge in [0.25, 0.3) is 0 Å². The number of hydrogen-bond donors (Lipinski definition) is 0. The highest BCUT2D eigenvalue weighted by atomic mass is 15.2. The van der Waals surface area contributed by atoms with Gasteiger partial charge in [-0.3, -0.25) is 9.88 Å². The largest absolute Gasteiger partial charge is 0.289 e. The molecule has 118 valence electrons. The van der Waals surface area contributed by atoms with Crippen LogP contribution < -0.4 is 0 Å². The average Bonchev–Trinajstić information content (AvgIpc) is 2.60. The summed E-state index contributed by atoms with van der Waals surface area (Å²) >= 11 is 0. The number of rotatable bonds is 5. The minimum absolute atomic E-state index is 0.282. The molecular formula is C19H22N4. The van der Waals surface area contributed by atoms with Gasteiger partial charge in [-0.1, -0.05) is 31.2 Å². The predicted molar refractivity (Wildman–Crippen MR) is 93.0 cm³/mol. The van der Waals surface area contributed by atoms with E-state index in [1.807, 2.05) is 43.6 Å². The van der Waals surface area contributed by atoms with Crippen molar-refractivity contribution >= 4 is 10.9 Å². The first kappa shape index (κ1) is 15.6. The van der Waals surface area contributed by atoms with E-state index in [2.05, 4.69) is 35.9 Å². The number of aryl methyl sites for hydroxylation is 1. The number of nitrogens with zero attached hydrogens (tertiary/aromatic N) is 4. The Morgan fingerprint density at radius 2 is 1.91 bits per heavy atom. The van der Waals surface area contributed by atoms with Crippen LogP contribution in [0.4, 0.5) is 0 Å². The van der Waals surface area contributed by atoms with Gasteiger partial charge in [0.05, 0.1) is 12.1 Å². The Morgan fingerprint density at radius 3 is 2.65 bits per heavy atom. The van der Waals surface area contributed by atoms with Crippen LogP contribution in [0.1, 0.15) is 37.0 Å². The normalized spacial score (nSPS) is 12.7. The molecule has 0 saturated heterocycles. The Balaban J connectivity index is 1.87. The van der Waals surface area contributed by atoms with Crippen molar-refractivity contribution in [2.45, 2.75) is 33.4 Å². The van der Waals surface area contributed by atoms with Gasteiger partial charge >= 0.3 is 0 Å². The highest BCUT2D eigenvalue weighted by Crippen LogP contribution is 2.21.